The van der Waals surface area contributed by atoms with Crippen molar-refractivity contribution in [3.05, 3.63) is 22.6 Å². The van der Waals surface area contributed by atoms with Crippen LogP contribution in [-0.4, -0.2) is 15.0 Å². The lowest BCUT2D eigenvalue weighted by Crippen LogP contribution is -2.16. The topological polar surface area (TPSA) is 41.6 Å². The molecule has 2 heterocycles. The Morgan fingerprint density at radius 1 is 1.47 bits per heavy atom. The van der Waals surface area contributed by atoms with Gasteiger partial charge in [0, 0.05) is 16.6 Å². The summed E-state index contributed by atoms with van der Waals surface area (Å²) in [6, 6.07) is 2.04. The lowest BCUT2D eigenvalue weighted by Gasteiger charge is -2.24. The molecule has 90 valence electrons. The standard InChI is InChI=1S/C13H16BrN3/c1-13(2)5-3-4-9(13)11-16-10-6-8(14)7-15-12(10)17-11/h6-7,9H,3-5H2,1-2H3,(H,15,16,17). The number of H-pyrrole nitrogens is 1. The zero-order valence-electron chi connectivity index (χ0n) is 10.1. The molecule has 1 aliphatic rings. The van der Waals surface area contributed by atoms with Crippen molar-refractivity contribution in [1.82, 2.24) is 15.0 Å². The minimum Gasteiger partial charge on any atom is -0.340 e. The highest BCUT2D eigenvalue weighted by Crippen LogP contribution is 2.48. The Morgan fingerprint density at radius 3 is 3.00 bits per heavy atom. The van der Waals surface area contributed by atoms with Gasteiger partial charge in [0.2, 0.25) is 0 Å². The molecular weight excluding hydrogens is 278 g/mol. The average Bonchev–Trinajstić information content (AvgIpc) is 2.79. The van der Waals surface area contributed by atoms with Crippen LogP contribution < -0.4 is 0 Å². The van der Waals surface area contributed by atoms with Gasteiger partial charge in [0.05, 0.1) is 5.52 Å². The van der Waals surface area contributed by atoms with Crippen molar-refractivity contribution in [2.75, 3.05) is 0 Å². The van der Waals surface area contributed by atoms with Gasteiger partial charge in [0.1, 0.15) is 5.82 Å². The fourth-order valence-electron chi connectivity index (χ4n) is 2.89. The molecule has 0 spiro atoms. The van der Waals surface area contributed by atoms with Gasteiger partial charge in [-0.1, -0.05) is 20.3 Å². The van der Waals surface area contributed by atoms with Crippen molar-refractivity contribution in [3.8, 4) is 0 Å². The molecule has 1 atom stereocenters. The fraction of sp³-hybridized carbons (Fsp3) is 0.538. The lowest BCUT2D eigenvalue weighted by molar-refractivity contribution is 0.323. The summed E-state index contributed by atoms with van der Waals surface area (Å²) in [7, 11) is 0. The molecule has 2 aromatic rings. The third kappa shape index (κ3) is 1.88. The zero-order valence-corrected chi connectivity index (χ0v) is 11.7. The number of aromatic amines is 1. The minimum atomic E-state index is 0.352. The maximum Gasteiger partial charge on any atom is 0.177 e. The van der Waals surface area contributed by atoms with Gasteiger partial charge in [0.15, 0.2) is 5.65 Å². The van der Waals surface area contributed by atoms with Crippen molar-refractivity contribution < 1.29 is 0 Å². The van der Waals surface area contributed by atoms with E-state index >= 15 is 0 Å². The van der Waals surface area contributed by atoms with Gasteiger partial charge in [0.25, 0.3) is 0 Å². The van der Waals surface area contributed by atoms with Gasteiger partial charge in [-0.15, -0.1) is 0 Å². The van der Waals surface area contributed by atoms with Crippen LogP contribution in [0.4, 0.5) is 0 Å². The molecule has 1 saturated carbocycles. The van der Waals surface area contributed by atoms with E-state index in [-0.39, 0.29) is 0 Å². The van der Waals surface area contributed by atoms with E-state index in [1.165, 1.54) is 19.3 Å². The zero-order chi connectivity index (χ0) is 12.0. The number of nitrogens with one attached hydrogen (secondary N) is 1. The van der Waals surface area contributed by atoms with E-state index in [9.17, 15) is 0 Å². The Balaban J connectivity index is 2.06. The molecule has 0 aromatic carbocycles. The Labute approximate surface area is 109 Å². The number of hydrogen-bond acceptors (Lipinski definition) is 2. The summed E-state index contributed by atoms with van der Waals surface area (Å²) in [5.74, 6) is 1.64. The van der Waals surface area contributed by atoms with E-state index in [2.05, 4.69) is 44.7 Å². The Bertz CT molecular complexity index is 559. The largest absolute Gasteiger partial charge is 0.340 e. The van der Waals surface area contributed by atoms with Crippen LogP contribution in [0.15, 0.2) is 16.7 Å². The van der Waals surface area contributed by atoms with Crippen molar-refractivity contribution in [2.24, 2.45) is 5.41 Å². The fourth-order valence-corrected chi connectivity index (χ4v) is 3.22. The molecular formula is C13H16BrN3. The Hall–Kier alpha value is -0.900. The van der Waals surface area contributed by atoms with Gasteiger partial charge < -0.3 is 4.98 Å². The van der Waals surface area contributed by atoms with Crippen molar-refractivity contribution in [2.45, 2.75) is 39.0 Å². The monoisotopic (exact) mass is 293 g/mol. The maximum atomic E-state index is 4.64. The van der Waals surface area contributed by atoms with Crippen LogP contribution in [0.2, 0.25) is 0 Å². The number of pyridine rings is 1. The molecule has 1 fully saturated rings. The first-order chi connectivity index (χ1) is 8.06. The van der Waals surface area contributed by atoms with Crippen LogP contribution in [0.5, 0.6) is 0 Å². The Kier molecular flexibility index (Phi) is 2.51. The van der Waals surface area contributed by atoms with Crippen LogP contribution in [0.25, 0.3) is 11.2 Å². The molecule has 4 heteroatoms. The van der Waals surface area contributed by atoms with Gasteiger partial charge >= 0.3 is 0 Å². The van der Waals surface area contributed by atoms with E-state index in [1.54, 1.807) is 6.20 Å². The second-order valence-electron chi connectivity index (χ2n) is 5.58. The van der Waals surface area contributed by atoms with Crippen LogP contribution >= 0.6 is 15.9 Å². The molecule has 17 heavy (non-hydrogen) atoms. The summed E-state index contributed by atoms with van der Waals surface area (Å²) < 4.78 is 0.992. The van der Waals surface area contributed by atoms with Crippen LogP contribution in [-0.2, 0) is 0 Å². The number of aromatic nitrogens is 3. The summed E-state index contributed by atoms with van der Waals surface area (Å²) >= 11 is 3.44. The molecule has 2 aromatic heterocycles. The van der Waals surface area contributed by atoms with Gasteiger partial charge in [-0.25, -0.2) is 9.97 Å². The number of nitrogens with zero attached hydrogens (tertiary/aromatic N) is 2. The number of rotatable bonds is 1. The third-order valence-corrected chi connectivity index (χ3v) is 4.34. The smallest absolute Gasteiger partial charge is 0.177 e. The second kappa shape index (κ2) is 3.80. The van der Waals surface area contributed by atoms with Crippen LogP contribution in [0.3, 0.4) is 0 Å². The number of fused-ring (bicyclic) bond motifs is 1. The summed E-state index contributed by atoms with van der Waals surface area (Å²) in [4.78, 5) is 12.4. The lowest BCUT2D eigenvalue weighted by atomic mass is 9.81. The molecule has 0 saturated heterocycles. The van der Waals surface area contributed by atoms with E-state index in [1.807, 2.05) is 6.07 Å². The summed E-state index contributed by atoms with van der Waals surface area (Å²) in [6.45, 7) is 4.67. The average molecular weight is 294 g/mol. The summed E-state index contributed by atoms with van der Waals surface area (Å²) in [5, 5.41) is 0. The van der Waals surface area contributed by atoms with E-state index < -0.39 is 0 Å². The molecule has 0 radical (unpaired) electrons. The molecule has 0 bridgehead atoms. The first-order valence-electron chi connectivity index (χ1n) is 6.07. The first kappa shape index (κ1) is 11.2. The minimum absolute atomic E-state index is 0.352. The SMILES string of the molecule is CC1(C)CCCC1c1nc2ncc(Br)cc2[nH]1. The van der Waals surface area contributed by atoms with Crippen LogP contribution in [0, 0.1) is 5.41 Å². The first-order valence-corrected chi connectivity index (χ1v) is 6.87. The molecule has 0 aliphatic heterocycles. The second-order valence-corrected chi connectivity index (χ2v) is 6.50. The predicted octanol–water partition coefficient (Wildman–Crippen LogP) is 4.01. The highest BCUT2D eigenvalue weighted by molar-refractivity contribution is 9.10. The summed E-state index contributed by atoms with van der Waals surface area (Å²) in [5.41, 5.74) is 2.20. The summed E-state index contributed by atoms with van der Waals surface area (Å²) in [6.07, 6.45) is 5.61. The molecule has 1 unspecified atom stereocenters. The predicted molar refractivity (Wildman–Crippen MR) is 72.0 cm³/mol. The van der Waals surface area contributed by atoms with E-state index in [0.717, 1.165) is 21.5 Å². The van der Waals surface area contributed by atoms with Crippen molar-refractivity contribution in [1.29, 1.82) is 0 Å². The van der Waals surface area contributed by atoms with Crippen molar-refractivity contribution >= 4 is 27.1 Å². The maximum absolute atomic E-state index is 4.64. The van der Waals surface area contributed by atoms with E-state index in [0.29, 0.717) is 11.3 Å². The molecule has 3 nitrogen and oxygen atoms in total. The van der Waals surface area contributed by atoms with Gasteiger partial charge in [-0.2, -0.15) is 0 Å². The molecule has 1 N–H and O–H groups in total. The van der Waals surface area contributed by atoms with E-state index in [4.69, 9.17) is 0 Å². The van der Waals surface area contributed by atoms with Crippen molar-refractivity contribution in [3.63, 3.8) is 0 Å². The quantitative estimate of drug-likeness (QED) is 0.863. The highest BCUT2D eigenvalue weighted by atomic mass is 79.9. The number of hydrogen-bond donors (Lipinski definition) is 1. The Morgan fingerprint density at radius 2 is 2.29 bits per heavy atom. The van der Waals surface area contributed by atoms with Gasteiger partial charge in [-0.05, 0) is 40.3 Å². The highest BCUT2D eigenvalue weighted by Gasteiger charge is 2.37. The third-order valence-electron chi connectivity index (χ3n) is 3.91. The molecule has 3 rings (SSSR count). The van der Waals surface area contributed by atoms with Crippen LogP contribution in [0.1, 0.15) is 44.9 Å². The molecule has 0 amide bonds. The number of halogens is 1. The van der Waals surface area contributed by atoms with Gasteiger partial charge in [-0.3, -0.25) is 0 Å². The number of imidazole rings is 1. The normalized spacial score (nSPS) is 23.4. The molecule has 1 aliphatic carbocycles.